The van der Waals surface area contributed by atoms with Gasteiger partial charge in [0.2, 0.25) is 0 Å². The van der Waals surface area contributed by atoms with Crippen LogP contribution in [0.2, 0.25) is 0 Å². The van der Waals surface area contributed by atoms with Crippen LogP contribution in [-0.2, 0) is 6.54 Å². The molecule has 0 aliphatic rings. The van der Waals surface area contributed by atoms with Gasteiger partial charge in [0.1, 0.15) is 11.6 Å². The molecule has 1 aromatic heterocycles. The fourth-order valence-corrected chi connectivity index (χ4v) is 2.09. The van der Waals surface area contributed by atoms with Crippen LogP contribution >= 0.6 is 0 Å². The second-order valence-electron chi connectivity index (χ2n) is 4.77. The van der Waals surface area contributed by atoms with E-state index in [2.05, 4.69) is 20.5 Å². The molecule has 0 amide bonds. The Hall–Kier alpha value is -2.69. The normalized spacial score (nSPS) is 10.6. The largest absolute Gasteiger partial charge is 0.380 e. The predicted molar refractivity (Wildman–Crippen MR) is 80.3 cm³/mol. The van der Waals surface area contributed by atoms with Gasteiger partial charge in [0, 0.05) is 17.8 Å². The lowest BCUT2D eigenvalue weighted by Crippen LogP contribution is -2.01. The molecule has 21 heavy (non-hydrogen) atoms. The summed E-state index contributed by atoms with van der Waals surface area (Å²) in [6.45, 7) is 2.48. The van der Waals surface area contributed by atoms with Crippen LogP contribution in [0.25, 0.3) is 11.4 Å². The Kier molecular flexibility index (Phi) is 3.64. The van der Waals surface area contributed by atoms with Gasteiger partial charge in [0.25, 0.3) is 0 Å². The van der Waals surface area contributed by atoms with Crippen molar-refractivity contribution < 1.29 is 4.39 Å². The highest BCUT2D eigenvalue weighted by atomic mass is 19.1. The maximum absolute atomic E-state index is 12.9. The number of aromatic amines is 1. The summed E-state index contributed by atoms with van der Waals surface area (Å²) in [5.74, 6) is 1.21. The van der Waals surface area contributed by atoms with Crippen molar-refractivity contribution in [1.82, 2.24) is 15.2 Å². The smallest absolute Gasteiger partial charge is 0.183 e. The zero-order valence-electron chi connectivity index (χ0n) is 11.6. The number of H-pyrrole nitrogens is 1. The number of halogens is 1. The first-order valence-electron chi connectivity index (χ1n) is 6.69. The van der Waals surface area contributed by atoms with Gasteiger partial charge < -0.3 is 5.32 Å². The van der Waals surface area contributed by atoms with Crippen molar-refractivity contribution in [3.63, 3.8) is 0 Å². The van der Waals surface area contributed by atoms with Crippen LogP contribution in [0.3, 0.4) is 0 Å². The van der Waals surface area contributed by atoms with Crippen molar-refractivity contribution in [3.05, 3.63) is 65.7 Å². The standard InChI is InChI=1S/C16H15FN4/c1-11-19-16(21-20-11)14-4-2-3-5-15(14)18-10-12-6-8-13(17)9-7-12/h2-9,18H,10H2,1H3,(H,19,20,21). The number of hydrogen-bond acceptors (Lipinski definition) is 3. The number of para-hydroxylation sites is 1. The van der Waals surface area contributed by atoms with Crippen molar-refractivity contribution in [1.29, 1.82) is 0 Å². The highest BCUT2D eigenvalue weighted by molar-refractivity contribution is 5.73. The van der Waals surface area contributed by atoms with E-state index in [1.165, 1.54) is 12.1 Å². The van der Waals surface area contributed by atoms with E-state index in [9.17, 15) is 4.39 Å². The monoisotopic (exact) mass is 282 g/mol. The molecule has 0 unspecified atom stereocenters. The fraction of sp³-hybridized carbons (Fsp3) is 0.125. The first kappa shape index (κ1) is 13.3. The summed E-state index contributed by atoms with van der Waals surface area (Å²) in [7, 11) is 0. The van der Waals surface area contributed by atoms with Crippen molar-refractivity contribution in [2.45, 2.75) is 13.5 Å². The van der Waals surface area contributed by atoms with Gasteiger partial charge in [0.15, 0.2) is 5.82 Å². The summed E-state index contributed by atoms with van der Waals surface area (Å²) < 4.78 is 12.9. The topological polar surface area (TPSA) is 53.6 Å². The zero-order valence-corrected chi connectivity index (χ0v) is 11.6. The molecule has 0 saturated carbocycles. The maximum Gasteiger partial charge on any atom is 0.183 e. The molecule has 0 aliphatic heterocycles. The highest BCUT2D eigenvalue weighted by Gasteiger charge is 2.08. The quantitative estimate of drug-likeness (QED) is 0.769. The lowest BCUT2D eigenvalue weighted by molar-refractivity contribution is 0.627. The minimum atomic E-state index is -0.227. The fourth-order valence-electron chi connectivity index (χ4n) is 2.09. The number of nitrogens with one attached hydrogen (secondary N) is 2. The minimum Gasteiger partial charge on any atom is -0.380 e. The van der Waals surface area contributed by atoms with E-state index in [-0.39, 0.29) is 5.82 Å². The summed E-state index contributed by atoms with van der Waals surface area (Å²) in [6, 6.07) is 14.3. The molecular formula is C16H15FN4. The number of benzene rings is 2. The Bertz CT molecular complexity index is 734. The average Bonchev–Trinajstić information content (AvgIpc) is 2.93. The lowest BCUT2D eigenvalue weighted by Gasteiger charge is -2.10. The maximum atomic E-state index is 12.9. The summed E-state index contributed by atoms with van der Waals surface area (Å²) in [4.78, 5) is 4.35. The minimum absolute atomic E-state index is 0.227. The lowest BCUT2D eigenvalue weighted by atomic mass is 10.1. The van der Waals surface area contributed by atoms with Crippen molar-refractivity contribution in [2.24, 2.45) is 0 Å². The molecule has 4 nitrogen and oxygen atoms in total. The Labute approximate surface area is 122 Å². The number of aromatic nitrogens is 3. The molecule has 0 spiro atoms. The second-order valence-corrected chi connectivity index (χ2v) is 4.77. The molecule has 0 aliphatic carbocycles. The molecule has 106 valence electrons. The van der Waals surface area contributed by atoms with Gasteiger partial charge in [0.05, 0.1) is 0 Å². The molecule has 2 aromatic carbocycles. The van der Waals surface area contributed by atoms with Gasteiger partial charge in [-0.2, -0.15) is 5.10 Å². The van der Waals surface area contributed by atoms with E-state index < -0.39 is 0 Å². The zero-order chi connectivity index (χ0) is 14.7. The van der Waals surface area contributed by atoms with Gasteiger partial charge in [-0.05, 0) is 36.8 Å². The first-order valence-corrected chi connectivity index (χ1v) is 6.69. The van der Waals surface area contributed by atoms with Crippen molar-refractivity contribution in [2.75, 3.05) is 5.32 Å². The molecule has 3 aromatic rings. The van der Waals surface area contributed by atoms with Gasteiger partial charge in [-0.25, -0.2) is 9.37 Å². The Morgan fingerprint density at radius 3 is 2.57 bits per heavy atom. The molecule has 0 atom stereocenters. The predicted octanol–water partition coefficient (Wildman–Crippen LogP) is 3.53. The molecule has 0 bridgehead atoms. The van der Waals surface area contributed by atoms with Gasteiger partial charge in [-0.1, -0.05) is 24.3 Å². The van der Waals surface area contributed by atoms with E-state index in [1.54, 1.807) is 12.1 Å². The molecular weight excluding hydrogens is 267 g/mol. The molecule has 3 rings (SSSR count). The molecule has 1 heterocycles. The first-order chi connectivity index (χ1) is 10.2. The third-order valence-corrected chi connectivity index (χ3v) is 3.16. The van der Waals surface area contributed by atoms with E-state index in [0.717, 1.165) is 22.6 Å². The molecule has 2 N–H and O–H groups in total. The molecule has 0 fully saturated rings. The number of aryl methyl sites for hydroxylation is 1. The highest BCUT2D eigenvalue weighted by Crippen LogP contribution is 2.25. The number of hydrogen-bond donors (Lipinski definition) is 2. The molecule has 5 heteroatoms. The molecule has 0 saturated heterocycles. The summed E-state index contributed by atoms with van der Waals surface area (Å²) in [6.07, 6.45) is 0. The number of rotatable bonds is 4. The Balaban J connectivity index is 1.81. The van der Waals surface area contributed by atoms with Crippen LogP contribution in [0.1, 0.15) is 11.4 Å². The van der Waals surface area contributed by atoms with Crippen LogP contribution in [0.5, 0.6) is 0 Å². The third kappa shape index (κ3) is 3.08. The average molecular weight is 282 g/mol. The summed E-state index contributed by atoms with van der Waals surface area (Å²) in [5, 5.41) is 10.4. The van der Waals surface area contributed by atoms with E-state index in [0.29, 0.717) is 12.4 Å². The molecule has 0 radical (unpaired) electrons. The Morgan fingerprint density at radius 1 is 1.10 bits per heavy atom. The number of nitrogens with zero attached hydrogens (tertiary/aromatic N) is 2. The van der Waals surface area contributed by atoms with Crippen LogP contribution in [0.15, 0.2) is 48.5 Å². The van der Waals surface area contributed by atoms with Gasteiger partial charge >= 0.3 is 0 Å². The second kappa shape index (κ2) is 5.75. The van der Waals surface area contributed by atoms with Crippen LogP contribution in [0, 0.1) is 12.7 Å². The van der Waals surface area contributed by atoms with Crippen molar-refractivity contribution in [3.8, 4) is 11.4 Å². The van der Waals surface area contributed by atoms with Gasteiger partial charge in [-0.3, -0.25) is 5.10 Å². The third-order valence-electron chi connectivity index (χ3n) is 3.16. The van der Waals surface area contributed by atoms with E-state index in [4.69, 9.17) is 0 Å². The summed E-state index contributed by atoms with van der Waals surface area (Å²) >= 11 is 0. The van der Waals surface area contributed by atoms with E-state index >= 15 is 0 Å². The van der Waals surface area contributed by atoms with Crippen LogP contribution < -0.4 is 5.32 Å². The van der Waals surface area contributed by atoms with E-state index in [1.807, 2.05) is 31.2 Å². The van der Waals surface area contributed by atoms with Crippen LogP contribution in [-0.4, -0.2) is 15.2 Å². The Morgan fingerprint density at radius 2 is 1.86 bits per heavy atom. The summed E-state index contributed by atoms with van der Waals surface area (Å²) in [5.41, 5.74) is 2.89. The van der Waals surface area contributed by atoms with Crippen LogP contribution in [0.4, 0.5) is 10.1 Å². The van der Waals surface area contributed by atoms with Crippen molar-refractivity contribution >= 4 is 5.69 Å². The van der Waals surface area contributed by atoms with Gasteiger partial charge in [-0.15, -0.1) is 0 Å². The SMILES string of the molecule is Cc1nc(-c2ccccc2NCc2ccc(F)cc2)n[nH]1. The number of anilines is 1.